The van der Waals surface area contributed by atoms with Crippen LogP contribution in [0.15, 0.2) is 59.4 Å². The summed E-state index contributed by atoms with van der Waals surface area (Å²) in [5.41, 5.74) is 1.60. The first-order valence-corrected chi connectivity index (χ1v) is 10.4. The molecule has 1 aromatic carbocycles. The van der Waals surface area contributed by atoms with Crippen molar-refractivity contribution >= 4 is 10.0 Å². The van der Waals surface area contributed by atoms with E-state index in [1.165, 1.54) is 4.31 Å². The molecule has 1 aliphatic rings. The number of hydrogen-bond donors (Lipinski definition) is 0. The fourth-order valence-electron chi connectivity index (χ4n) is 3.35. The lowest BCUT2D eigenvalue weighted by molar-refractivity contribution is 0.338. The van der Waals surface area contributed by atoms with Gasteiger partial charge in [-0.2, -0.15) is 4.98 Å². The van der Waals surface area contributed by atoms with Crippen LogP contribution in [0.1, 0.15) is 24.3 Å². The lowest BCUT2D eigenvalue weighted by Crippen LogP contribution is -2.30. The highest BCUT2D eigenvalue weighted by Crippen LogP contribution is 2.34. The molecular weight excluding hydrogens is 364 g/mol. The second-order valence-corrected chi connectivity index (χ2v) is 8.80. The van der Waals surface area contributed by atoms with Gasteiger partial charge in [0.25, 0.3) is 0 Å². The molecule has 3 heterocycles. The number of aromatic nitrogens is 3. The standard InChI is InChI=1S/C19H20N4O3S/c1-14-11-23(27(24,25)13-15-5-3-2-4-6-15)12-17(14)19-21-18(22-26-19)16-7-9-20-10-8-16/h2-10,14,17H,11-13H2,1H3/t14-,17-/m0/s1. The molecule has 0 bridgehead atoms. The zero-order chi connectivity index (χ0) is 18.9. The fourth-order valence-corrected chi connectivity index (χ4v) is 5.00. The number of benzene rings is 1. The molecule has 0 unspecified atom stereocenters. The van der Waals surface area contributed by atoms with Gasteiger partial charge in [0, 0.05) is 31.0 Å². The SMILES string of the molecule is C[C@H]1CN(S(=O)(=O)Cc2ccccc2)C[C@@H]1c1nc(-c2ccncc2)no1. The number of nitrogens with zero attached hydrogens (tertiary/aromatic N) is 4. The fraction of sp³-hybridized carbons (Fsp3) is 0.316. The monoisotopic (exact) mass is 384 g/mol. The van der Waals surface area contributed by atoms with E-state index in [-0.39, 0.29) is 17.6 Å². The van der Waals surface area contributed by atoms with Crippen LogP contribution in [0.2, 0.25) is 0 Å². The second kappa shape index (κ2) is 7.21. The molecule has 0 amide bonds. The van der Waals surface area contributed by atoms with Crippen LogP contribution in [0.3, 0.4) is 0 Å². The molecule has 1 fully saturated rings. The highest BCUT2D eigenvalue weighted by Gasteiger charge is 2.40. The maximum atomic E-state index is 12.8. The van der Waals surface area contributed by atoms with Gasteiger partial charge in [0.15, 0.2) is 0 Å². The predicted molar refractivity (Wildman–Crippen MR) is 100 cm³/mol. The highest BCUT2D eigenvalue weighted by molar-refractivity contribution is 7.88. The number of hydrogen-bond acceptors (Lipinski definition) is 6. The maximum absolute atomic E-state index is 12.8. The van der Waals surface area contributed by atoms with Gasteiger partial charge in [0.2, 0.25) is 21.7 Å². The van der Waals surface area contributed by atoms with Gasteiger partial charge in [-0.1, -0.05) is 42.4 Å². The molecule has 0 N–H and O–H groups in total. The Balaban J connectivity index is 1.51. The van der Waals surface area contributed by atoms with Gasteiger partial charge >= 0.3 is 0 Å². The van der Waals surface area contributed by atoms with Crippen LogP contribution in [0, 0.1) is 5.92 Å². The average molecular weight is 384 g/mol. The second-order valence-electron chi connectivity index (χ2n) is 6.83. The van der Waals surface area contributed by atoms with Crippen LogP contribution >= 0.6 is 0 Å². The van der Waals surface area contributed by atoms with Crippen molar-refractivity contribution in [3.05, 3.63) is 66.3 Å². The zero-order valence-corrected chi connectivity index (χ0v) is 15.7. The first-order valence-electron chi connectivity index (χ1n) is 8.79. The van der Waals surface area contributed by atoms with Crippen molar-refractivity contribution < 1.29 is 12.9 Å². The number of sulfonamides is 1. The van der Waals surface area contributed by atoms with Crippen molar-refractivity contribution in [3.63, 3.8) is 0 Å². The molecule has 1 aliphatic heterocycles. The summed E-state index contributed by atoms with van der Waals surface area (Å²) in [6.07, 6.45) is 3.34. The van der Waals surface area contributed by atoms with Crippen molar-refractivity contribution in [2.24, 2.45) is 5.92 Å². The predicted octanol–water partition coefficient (Wildman–Crippen LogP) is 2.70. The van der Waals surface area contributed by atoms with Crippen LogP contribution in [-0.4, -0.2) is 40.9 Å². The van der Waals surface area contributed by atoms with Crippen LogP contribution in [0.25, 0.3) is 11.4 Å². The van der Waals surface area contributed by atoms with Crippen molar-refractivity contribution in [1.82, 2.24) is 19.4 Å². The van der Waals surface area contributed by atoms with Crippen LogP contribution < -0.4 is 0 Å². The van der Waals surface area contributed by atoms with Crippen molar-refractivity contribution in [2.45, 2.75) is 18.6 Å². The van der Waals surface area contributed by atoms with Crippen LogP contribution in [0.4, 0.5) is 0 Å². The van der Waals surface area contributed by atoms with Crippen LogP contribution in [0.5, 0.6) is 0 Å². The summed E-state index contributed by atoms with van der Waals surface area (Å²) in [6.45, 7) is 2.82. The Labute approximate surface area is 158 Å². The van der Waals surface area contributed by atoms with Crippen LogP contribution in [-0.2, 0) is 15.8 Å². The van der Waals surface area contributed by atoms with Crippen molar-refractivity contribution in [2.75, 3.05) is 13.1 Å². The van der Waals surface area contributed by atoms with E-state index in [0.717, 1.165) is 11.1 Å². The summed E-state index contributed by atoms with van der Waals surface area (Å²) in [5, 5.41) is 4.04. The normalized spacial score (nSPS) is 20.8. The minimum absolute atomic E-state index is 0.000616. The summed E-state index contributed by atoms with van der Waals surface area (Å²) in [4.78, 5) is 8.47. The minimum atomic E-state index is -3.40. The smallest absolute Gasteiger partial charge is 0.231 e. The summed E-state index contributed by atoms with van der Waals surface area (Å²) in [6, 6.07) is 12.8. The lowest BCUT2D eigenvalue weighted by atomic mass is 9.98. The lowest BCUT2D eigenvalue weighted by Gasteiger charge is -2.16. The van der Waals surface area contributed by atoms with E-state index in [1.807, 2.05) is 49.4 Å². The largest absolute Gasteiger partial charge is 0.339 e. The third-order valence-electron chi connectivity index (χ3n) is 4.86. The Hall–Kier alpha value is -2.58. The van der Waals surface area contributed by atoms with E-state index in [0.29, 0.717) is 24.8 Å². The van der Waals surface area contributed by atoms with Gasteiger partial charge in [-0.3, -0.25) is 4.98 Å². The van der Waals surface area contributed by atoms with E-state index in [9.17, 15) is 8.42 Å². The molecule has 0 saturated carbocycles. The topological polar surface area (TPSA) is 89.2 Å². The summed E-state index contributed by atoms with van der Waals surface area (Å²) in [5.74, 6) is 0.955. The summed E-state index contributed by atoms with van der Waals surface area (Å²) >= 11 is 0. The van der Waals surface area contributed by atoms with Crippen molar-refractivity contribution in [1.29, 1.82) is 0 Å². The van der Waals surface area contributed by atoms with E-state index >= 15 is 0 Å². The number of rotatable bonds is 5. The Bertz CT molecular complexity index is 1010. The molecule has 7 nitrogen and oxygen atoms in total. The first-order chi connectivity index (χ1) is 13.0. The maximum Gasteiger partial charge on any atom is 0.231 e. The Morgan fingerprint density at radius 2 is 1.85 bits per heavy atom. The third-order valence-corrected chi connectivity index (χ3v) is 6.64. The van der Waals surface area contributed by atoms with E-state index in [4.69, 9.17) is 4.52 Å². The molecule has 8 heteroatoms. The average Bonchev–Trinajstić information content (AvgIpc) is 3.30. The van der Waals surface area contributed by atoms with Gasteiger partial charge in [-0.15, -0.1) is 0 Å². The quantitative estimate of drug-likeness (QED) is 0.672. The molecule has 0 spiro atoms. The van der Waals surface area contributed by atoms with Gasteiger partial charge in [-0.25, -0.2) is 12.7 Å². The third kappa shape index (κ3) is 3.77. The molecule has 0 radical (unpaired) electrons. The molecule has 0 aliphatic carbocycles. The van der Waals surface area contributed by atoms with E-state index < -0.39 is 10.0 Å². The Kier molecular flexibility index (Phi) is 4.75. The Morgan fingerprint density at radius 1 is 1.11 bits per heavy atom. The van der Waals surface area contributed by atoms with Gasteiger partial charge in [0.05, 0.1) is 11.7 Å². The molecule has 4 rings (SSSR count). The van der Waals surface area contributed by atoms with Gasteiger partial charge in [-0.05, 0) is 23.6 Å². The van der Waals surface area contributed by atoms with Crippen molar-refractivity contribution in [3.8, 4) is 11.4 Å². The molecule has 140 valence electrons. The van der Waals surface area contributed by atoms with E-state index in [2.05, 4.69) is 15.1 Å². The molecule has 2 aromatic heterocycles. The number of pyridine rings is 1. The molecule has 1 saturated heterocycles. The molecule has 3 aromatic rings. The molecular formula is C19H20N4O3S. The van der Waals surface area contributed by atoms with Gasteiger partial charge < -0.3 is 4.52 Å². The molecule has 27 heavy (non-hydrogen) atoms. The highest BCUT2D eigenvalue weighted by atomic mass is 32.2. The molecule has 2 atom stereocenters. The minimum Gasteiger partial charge on any atom is -0.339 e. The zero-order valence-electron chi connectivity index (χ0n) is 14.9. The Morgan fingerprint density at radius 3 is 2.59 bits per heavy atom. The first kappa shape index (κ1) is 17.8. The van der Waals surface area contributed by atoms with Gasteiger partial charge in [0.1, 0.15) is 0 Å². The van der Waals surface area contributed by atoms with E-state index in [1.54, 1.807) is 12.4 Å². The summed E-state index contributed by atoms with van der Waals surface area (Å²) < 4.78 is 32.6. The summed E-state index contributed by atoms with van der Waals surface area (Å²) in [7, 11) is -3.40.